The van der Waals surface area contributed by atoms with Crippen molar-refractivity contribution < 1.29 is 13.8 Å². The number of ether oxygens (including phenoxy) is 1. The van der Waals surface area contributed by atoms with E-state index in [1.165, 1.54) is 0 Å². The summed E-state index contributed by atoms with van der Waals surface area (Å²) in [5.74, 6) is 2.80. The average Bonchev–Trinajstić information content (AvgIpc) is 3.38. The molecule has 0 spiro atoms. The molecule has 0 bridgehead atoms. The lowest BCUT2D eigenvalue weighted by Crippen LogP contribution is -2.34. The molecule has 0 radical (unpaired) electrons. The number of halogens is 1. The highest BCUT2D eigenvalue weighted by atomic mass is 35.5. The minimum Gasteiger partial charge on any atom is -0.489 e. The van der Waals surface area contributed by atoms with Gasteiger partial charge in [0.25, 0.3) is 0 Å². The normalized spacial score (nSPS) is 15.4. The van der Waals surface area contributed by atoms with Crippen molar-refractivity contribution in [2.75, 3.05) is 0 Å². The molecule has 28 heavy (non-hydrogen) atoms. The van der Waals surface area contributed by atoms with Gasteiger partial charge in [0.2, 0.25) is 5.89 Å². The summed E-state index contributed by atoms with van der Waals surface area (Å²) in [6.07, 6.45) is 4.66. The summed E-state index contributed by atoms with van der Waals surface area (Å²) in [6.45, 7) is 4.23. The molecule has 2 aromatic heterocycles. The van der Waals surface area contributed by atoms with Gasteiger partial charge in [0.15, 0.2) is 5.82 Å². The molecule has 4 rings (SSSR count). The molecule has 150 valence electrons. The van der Waals surface area contributed by atoms with Crippen LogP contribution in [-0.4, -0.2) is 15.3 Å². The standard InChI is InChI=1S/C20H24N4O3.ClH/c1-13-17(14(2)26-23-13)12-25-16-7-5-15(6-8-16)11-18-22-19(24-27-18)20(21)9-3-4-10-20;/h5-8H,3-4,9-12,21H2,1-2H3;1H. The van der Waals surface area contributed by atoms with Gasteiger partial charge in [-0.05, 0) is 44.4 Å². The van der Waals surface area contributed by atoms with Crippen LogP contribution in [0, 0.1) is 13.8 Å². The van der Waals surface area contributed by atoms with Crippen LogP contribution in [-0.2, 0) is 18.6 Å². The molecule has 1 aliphatic carbocycles. The highest BCUT2D eigenvalue weighted by Gasteiger charge is 2.35. The van der Waals surface area contributed by atoms with Crippen molar-refractivity contribution in [1.29, 1.82) is 0 Å². The van der Waals surface area contributed by atoms with Gasteiger partial charge in [0, 0.05) is 0 Å². The van der Waals surface area contributed by atoms with E-state index in [1.807, 2.05) is 38.1 Å². The molecule has 0 unspecified atom stereocenters. The van der Waals surface area contributed by atoms with Crippen molar-refractivity contribution in [1.82, 2.24) is 15.3 Å². The number of aromatic nitrogens is 3. The van der Waals surface area contributed by atoms with E-state index in [4.69, 9.17) is 19.5 Å². The first-order chi connectivity index (χ1) is 13.0. The van der Waals surface area contributed by atoms with Gasteiger partial charge < -0.3 is 19.5 Å². The van der Waals surface area contributed by atoms with E-state index in [2.05, 4.69) is 15.3 Å². The zero-order chi connectivity index (χ0) is 18.9. The zero-order valence-corrected chi connectivity index (χ0v) is 16.9. The second-order valence-corrected chi connectivity index (χ2v) is 7.29. The molecular weight excluding hydrogens is 380 g/mol. The first-order valence-electron chi connectivity index (χ1n) is 9.29. The van der Waals surface area contributed by atoms with Crippen LogP contribution in [0.3, 0.4) is 0 Å². The van der Waals surface area contributed by atoms with Gasteiger partial charge >= 0.3 is 0 Å². The largest absolute Gasteiger partial charge is 0.489 e. The number of hydrogen-bond acceptors (Lipinski definition) is 7. The molecule has 2 heterocycles. The predicted octanol–water partition coefficient (Wildman–Crippen LogP) is 3.99. The van der Waals surface area contributed by atoms with Crippen LogP contribution in [0.1, 0.15) is 60.0 Å². The van der Waals surface area contributed by atoms with E-state index in [9.17, 15) is 0 Å². The van der Waals surface area contributed by atoms with Crippen molar-refractivity contribution in [3.8, 4) is 5.75 Å². The van der Waals surface area contributed by atoms with E-state index >= 15 is 0 Å². The van der Waals surface area contributed by atoms with Gasteiger partial charge in [-0.1, -0.05) is 35.3 Å². The van der Waals surface area contributed by atoms with Crippen molar-refractivity contribution in [3.05, 3.63) is 58.6 Å². The third-order valence-corrected chi connectivity index (χ3v) is 5.25. The molecule has 0 saturated heterocycles. The Bertz CT molecular complexity index is 894. The third kappa shape index (κ3) is 4.20. The van der Waals surface area contributed by atoms with Crippen molar-refractivity contribution in [2.45, 2.75) is 58.1 Å². The lowest BCUT2D eigenvalue weighted by Gasteiger charge is -2.17. The number of hydrogen-bond donors (Lipinski definition) is 1. The number of benzene rings is 1. The Labute approximate surface area is 170 Å². The van der Waals surface area contributed by atoms with Crippen LogP contribution in [0.15, 0.2) is 33.3 Å². The summed E-state index contributed by atoms with van der Waals surface area (Å²) in [7, 11) is 0. The Morgan fingerprint density at radius 1 is 1.07 bits per heavy atom. The van der Waals surface area contributed by atoms with Gasteiger partial charge in [-0.15, -0.1) is 12.4 Å². The Morgan fingerprint density at radius 3 is 2.43 bits per heavy atom. The zero-order valence-electron chi connectivity index (χ0n) is 16.1. The highest BCUT2D eigenvalue weighted by Crippen LogP contribution is 2.34. The quantitative estimate of drug-likeness (QED) is 0.662. The fourth-order valence-corrected chi connectivity index (χ4v) is 3.50. The molecular formula is C20H25ClN4O3. The van der Waals surface area contributed by atoms with Crippen LogP contribution in [0.2, 0.25) is 0 Å². The maximum Gasteiger partial charge on any atom is 0.231 e. The summed E-state index contributed by atoms with van der Waals surface area (Å²) < 4.78 is 16.4. The fourth-order valence-electron chi connectivity index (χ4n) is 3.50. The summed E-state index contributed by atoms with van der Waals surface area (Å²) >= 11 is 0. The van der Waals surface area contributed by atoms with Gasteiger partial charge in [-0.3, -0.25) is 0 Å². The molecule has 1 saturated carbocycles. The molecule has 0 amide bonds. The summed E-state index contributed by atoms with van der Waals surface area (Å²) in [6, 6.07) is 7.87. The average molecular weight is 405 g/mol. The van der Waals surface area contributed by atoms with Crippen LogP contribution < -0.4 is 10.5 Å². The number of nitrogens with two attached hydrogens (primary N) is 1. The first kappa shape index (κ1) is 20.4. The third-order valence-electron chi connectivity index (χ3n) is 5.25. The van der Waals surface area contributed by atoms with Gasteiger partial charge in [0.05, 0.1) is 23.2 Å². The molecule has 0 aliphatic heterocycles. The Morgan fingerprint density at radius 2 is 1.79 bits per heavy atom. The predicted molar refractivity (Wildman–Crippen MR) is 105 cm³/mol. The van der Waals surface area contributed by atoms with Crippen LogP contribution in [0.25, 0.3) is 0 Å². The maximum absolute atomic E-state index is 6.39. The van der Waals surface area contributed by atoms with Crippen molar-refractivity contribution in [3.63, 3.8) is 0 Å². The van der Waals surface area contributed by atoms with Crippen LogP contribution >= 0.6 is 12.4 Å². The van der Waals surface area contributed by atoms with Gasteiger partial charge in [-0.25, -0.2) is 0 Å². The van der Waals surface area contributed by atoms with Gasteiger partial charge in [-0.2, -0.15) is 4.98 Å². The molecule has 2 N–H and O–H groups in total. The first-order valence-corrected chi connectivity index (χ1v) is 9.29. The Kier molecular flexibility index (Phi) is 6.05. The number of aryl methyl sites for hydroxylation is 2. The smallest absolute Gasteiger partial charge is 0.231 e. The van der Waals surface area contributed by atoms with Crippen LogP contribution in [0.4, 0.5) is 0 Å². The molecule has 0 atom stereocenters. The lowest BCUT2D eigenvalue weighted by molar-refractivity contribution is 0.301. The summed E-state index contributed by atoms with van der Waals surface area (Å²) in [5.41, 5.74) is 8.89. The van der Waals surface area contributed by atoms with E-state index in [0.717, 1.165) is 54.0 Å². The minimum atomic E-state index is -0.419. The van der Waals surface area contributed by atoms with Crippen LogP contribution in [0.5, 0.6) is 5.75 Å². The minimum absolute atomic E-state index is 0. The van der Waals surface area contributed by atoms with Crippen molar-refractivity contribution >= 4 is 12.4 Å². The topological polar surface area (TPSA) is 100 Å². The maximum atomic E-state index is 6.39. The van der Waals surface area contributed by atoms with E-state index in [1.54, 1.807) is 0 Å². The molecule has 1 aromatic carbocycles. The molecule has 3 aromatic rings. The second kappa shape index (κ2) is 8.32. The fraction of sp³-hybridized carbons (Fsp3) is 0.450. The van der Waals surface area contributed by atoms with E-state index < -0.39 is 5.54 Å². The summed E-state index contributed by atoms with van der Waals surface area (Å²) in [4.78, 5) is 4.52. The molecule has 1 fully saturated rings. The number of nitrogens with zero attached hydrogens (tertiary/aromatic N) is 3. The van der Waals surface area contributed by atoms with Crippen molar-refractivity contribution in [2.24, 2.45) is 5.73 Å². The van der Waals surface area contributed by atoms with E-state index in [-0.39, 0.29) is 12.4 Å². The second-order valence-electron chi connectivity index (χ2n) is 7.29. The monoisotopic (exact) mass is 404 g/mol. The van der Waals surface area contributed by atoms with E-state index in [0.29, 0.717) is 24.7 Å². The Hall–Kier alpha value is -2.38. The SMILES string of the molecule is Cc1noc(C)c1COc1ccc(Cc2nc(C3(N)CCCC3)no2)cc1.Cl. The molecule has 1 aliphatic rings. The summed E-state index contributed by atoms with van der Waals surface area (Å²) in [5, 5.41) is 8.04. The Balaban J connectivity index is 0.00000225. The molecule has 8 heteroatoms. The lowest BCUT2D eigenvalue weighted by atomic mass is 9.99. The van der Waals surface area contributed by atoms with Gasteiger partial charge in [0.1, 0.15) is 18.1 Å². The molecule has 7 nitrogen and oxygen atoms in total. The highest BCUT2D eigenvalue weighted by molar-refractivity contribution is 5.85. The number of rotatable bonds is 6.